The Morgan fingerprint density at radius 3 is 2.92 bits per heavy atom. The maximum Gasteiger partial charge on any atom is 0.138 e. The lowest BCUT2D eigenvalue weighted by Crippen LogP contribution is -2.02. The Labute approximate surface area is 91.5 Å². The van der Waals surface area contributed by atoms with Crippen molar-refractivity contribution in [3.05, 3.63) is 21.3 Å². The zero-order valence-electron chi connectivity index (χ0n) is 7.38. The fourth-order valence-corrected chi connectivity index (χ4v) is 2.49. The summed E-state index contributed by atoms with van der Waals surface area (Å²) in [6, 6.07) is 3.76. The summed E-state index contributed by atoms with van der Waals surface area (Å²) in [5, 5.41) is 0. The zero-order valence-corrected chi connectivity index (χ0v) is 9.77. The van der Waals surface area contributed by atoms with Crippen LogP contribution in [0, 0.1) is 0 Å². The molecule has 0 unspecified atom stereocenters. The van der Waals surface area contributed by atoms with E-state index in [0.717, 1.165) is 15.0 Å². The van der Waals surface area contributed by atoms with E-state index >= 15 is 0 Å². The standard InChI is InChI=1S/C9H11ClOS2/c1-12-5-4-7(11)6-8-2-3-9(10)13-8/h2-3H,4-6H2,1H3. The first-order valence-electron chi connectivity index (χ1n) is 3.97. The maximum atomic E-state index is 11.3. The number of carbonyl (C=O) groups is 1. The number of carbonyl (C=O) groups excluding carboxylic acids is 1. The van der Waals surface area contributed by atoms with Crippen LogP contribution in [0.5, 0.6) is 0 Å². The highest BCUT2D eigenvalue weighted by molar-refractivity contribution is 7.98. The largest absolute Gasteiger partial charge is 0.299 e. The Bertz CT molecular complexity index is 283. The van der Waals surface area contributed by atoms with Crippen molar-refractivity contribution in [1.82, 2.24) is 0 Å². The minimum Gasteiger partial charge on any atom is -0.299 e. The molecule has 0 saturated heterocycles. The minimum absolute atomic E-state index is 0.299. The molecule has 0 aliphatic carbocycles. The smallest absolute Gasteiger partial charge is 0.138 e. The van der Waals surface area contributed by atoms with E-state index in [4.69, 9.17) is 11.6 Å². The van der Waals surface area contributed by atoms with Crippen LogP contribution in [-0.4, -0.2) is 17.8 Å². The van der Waals surface area contributed by atoms with Crippen molar-refractivity contribution in [3.63, 3.8) is 0 Å². The molecule has 1 rings (SSSR count). The summed E-state index contributed by atoms with van der Waals surface area (Å²) >= 11 is 8.94. The van der Waals surface area contributed by atoms with E-state index in [1.54, 1.807) is 11.8 Å². The Kier molecular flexibility index (Phi) is 4.84. The van der Waals surface area contributed by atoms with Crippen LogP contribution in [0.15, 0.2) is 12.1 Å². The first-order chi connectivity index (χ1) is 6.22. The van der Waals surface area contributed by atoms with E-state index < -0.39 is 0 Å². The molecule has 0 atom stereocenters. The van der Waals surface area contributed by atoms with Gasteiger partial charge in [-0.1, -0.05) is 11.6 Å². The third kappa shape index (κ3) is 4.16. The summed E-state index contributed by atoms with van der Waals surface area (Å²) in [6.45, 7) is 0. The van der Waals surface area contributed by atoms with Gasteiger partial charge in [0.15, 0.2) is 0 Å². The summed E-state index contributed by atoms with van der Waals surface area (Å²) in [7, 11) is 0. The number of thioether (sulfide) groups is 1. The van der Waals surface area contributed by atoms with Crippen LogP contribution in [-0.2, 0) is 11.2 Å². The lowest BCUT2D eigenvalue weighted by atomic mass is 10.2. The van der Waals surface area contributed by atoms with Gasteiger partial charge >= 0.3 is 0 Å². The summed E-state index contributed by atoms with van der Waals surface area (Å²) in [5.74, 6) is 1.21. The van der Waals surface area contributed by atoms with Crippen LogP contribution >= 0.6 is 34.7 Å². The second kappa shape index (κ2) is 5.68. The summed E-state index contributed by atoms with van der Waals surface area (Å²) < 4.78 is 0.757. The first-order valence-corrected chi connectivity index (χ1v) is 6.56. The molecule has 0 bridgehead atoms. The molecule has 1 heterocycles. The molecule has 0 N–H and O–H groups in total. The van der Waals surface area contributed by atoms with Crippen LogP contribution in [0.4, 0.5) is 0 Å². The molecular weight excluding hydrogens is 224 g/mol. The first kappa shape index (κ1) is 11.1. The molecule has 0 saturated carbocycles. The van der Waals surface area contributed by atoms with Crippen molar-refractivity contribution in [2.24, 2.45) is 0 Å². The highest BCUT2D eigenvalue weighted by Gasteiger charge is 2.05. The van der Waals surface area contributed by atoms with Crippen molar-refractivity contribution in [1.29, 1.82) is 0 Å². The van der Waals surface area contributed by atoms with Gasteiger partial charge in [-0.05, 0) is 24.1 Å². The van der Waals surface area contributed by atoms with Gasteiger partial charge in [0.2, 0.25) is 0 Å². The number of thiophene rings is 1. The molecule has 0 radical (unpaired) electrons. The minimum atomic E-state index is 0.299. The third-order valence-electron chi connectivity index (χ3n) is 1.59. The van der Waals surface area contributed by atoms with Crippen molar-refractivity contribution in [2.75, 3.05) is 12.0 Å². The van der Waals surface area contributed by atoms with Crippen LogP contribution in [0.2, 0.25) is 4.34 Å². The maximum absolute atomic E-state index is 11.3. The molecule has 1 nitrogen and oxygen atoms in total. The molecule has 4 heteroatoms. The fraction of sp³-hybridized carbons (Fsp3) is 0.444. The van der Waals surface area contributed by atoms with Crippen LogP contribution in [0.1, 0.15) is 11.3 Å². The Balaban J connectivity index is 2.36. The molecule has 0 aliphatic heterocycles. The van der Waals surface area contributed by atoms with Gasteiger partial charge in [-0.2, -0.15) is 11.8 Å². The average molecular weight is 235 g/mol. The second-order valence-electron chi connectivity index (χ2n) is 2.66. The number of hydrogen-bond acceptors (Lipinski definition) is 3. The predicted octanol–water partition coefficient (Wildman–Crippen LogP) is 3.27. The van der Waals surface area contributed by atoms with Crippen molar-refractivity contribution in [2.45, 2.75) is 12.8 Å². The SMILES string of the molecule is CSCCC(=O)Cc1ccc(Cl)s1. The van der Waals surface area contributed by atoms with Crippen LogP contribution in [0.3, 0.4) is 0 Å². The topological polar surface area (TPSA) is 17.1 Å². The monoisotopic (exact) mass is 234 g/mol. The highest BCUT2D eigenvalue weighted by atomic mass is 35.5. The van der Waals surface area contributed by atoms with E-state index in [1.165, 1.54) is 11.3 Å². The van der Waals surface area contributed by atoms with Crippen molar-refractivity contribution < 1.29 is 4.79 Å². The molecule has 1 aromatic rings. The molecule has 13 heavy (non-hydrogen) atoms. The number of halogens is 1. The Hall–Kier alpha value is 0.01000. The Morgan fingerprint density at radius 2 is 2.38 bits per heavy atom. The van der Waals surface area contributed by atoms with Crippen LogP contribution < -0.4 is 0 Å². The quantitative estimate of drug-likeness (QED) is 0.778. The van der Waals surface area contributed by atoms with E-state index in [-0.39, 0.29) is 0 Å². The van der Waals surface area contributed by atoms with Gasteiger partial charge in [0, 0.05) is 17.7 Å². The molecule has 0 aliphatic rings. The van der Waals surface area contributed by atoms with Crippen molar-refractivity contribution in [3.8, 4) is 0 Å². The third-order valence-corrected chi connectivity index (χ3v) is 3.43. The number of rotatable bonds is 5. The summed E-state index contributed by atoms with van der Waals surface area (Å²) in [4.78, 5) is 12.4. The van der Waals surface area contributed by atoms with E-state index in [1.807, 2.05) is 18.4 Å². The lowest BCUT2D eigenvalue weighted by Gasteiger charge is -1.95. The van der Waals surface area contributed by atoms with Gasteiger partial charge in [-0.25, -0.2) is 0 Å². The molecular formula is C9H11ClOS2. The number of ketones is 1. The van der Waals surface area contributed by atoms with Gasteiger partial charge in [-0.3, -0.25) is 4.79 Å². The van der Waals surface area contributed by atoms with E-state index in [0.29, 0.717) is 18.6 Å². The highest BCUT2D eigenvalue weighted by Crippen LogP contribution is 2.22. The molecule has 0 spiro atoms. The normalized spacial score (nSPS) is 10.3. The summed E-state index contributed by atoms with van der Waals surface area (Å²) in [6.07, 6.45) is 3.21. The van der Waals surface area contributed by atoms with Gasteiger partial charge in [0.05, 0.1) is 4.34 Å². The van der Waals surface area contributed by atoms with Crippen LogP contribution in [0.25, 0.3) is 0 Å². The summed E-state index contributed by atoms with van der Waals surface area (Å²) in [5.41, 5.74) is 0. The fourth-order valence-electron chi connectivity index (χ4n) is 0.945. The van der Waals surface area contributed by atoms with Gasteiger partial charge in [0.1, 0.15) is 5.78 Å². The number of Topliss-reactive ketones (excluding diaryl/α,β-unsaturated/α-hetero) is 1. The molecule has 1 aromatic heterocycles. The molecule has 0 fully saturated rings. The van der Waals surface area contributed by atoms with E-state index in [9.17, 15) is 4.79 Å². The van der Waals surface area contributed by atoms with Gasteiger partial charge in [-0.15, -0.1) is 11.3 Å². The number of hydrogen-bond donors (Lipinski definition) is 0. The van der Waals surface area contributed by atoms with Gasteiger partial charge < -0.3 is 0 Å². The van der Waals surface area contributed by atoms with E-state index in [2.05, 4.69) is 0 Å². The van der Waals surface area contributed by atoms with Gasteiger partial charge in [0.25, 0.3) is 0 Å². The van der Waals surface area contributed by atoms with Crippen molar-refractivity contribution >= 4 is 40.5 Å². The average Bonchev–Trinajstić information content (AvgIpc) is 2.48. The molecule has 0 amide bonds. The lowest BCUT2D eigenvalue weighted by molar-refractivity contribution is -0.117. The predicted molar refractivity (Wildman–Crippen MR) is 61.0 cm³/mol. The molecule has 0 aromatic carbocycles. The zero-order chi connectivity index (χ0) is 9.68. The second-order valence-corrected chi connectivity index (χ2v) is 5.45. The molecule has 72 valence electrons. The Morgan fingerprint density at radius 1 is 1.62 bits per heavy atom.